The Morgan fingerprint density at radius 2 is 1.88 bits per heavy atom. The third-order valence-electron chi connectivity index (χ3n) is 3.11. The summed E-state index contributed by atoms with van der Waals surface area (Å²) in [5.41, 5.74) is 1.14. The molecule has 0 aromatic heterocycles. The molecule has 0 amide bonds. The van der Waals surface area contributed by atoms with Crippen LogP contribution in [0.25, 0.3) is 5.76 Å². The highest BCUT2D eigenvalue weighted by Crippen LogP contribution is 2.28. The molecule has 0 spiro atoms. The van der Waals surface area contributed by atoms with Crippen molar-refractivity contribution in [2.24, 2.45) is 0 Å². The van der Waals surface area contributed by atoms with E-state index in [2.05, 4.69) is 4.74 Å². The summed E-state index contributed by atoms with van der Waals surface area (Å²) >= 11 is 5.93. The molecule has 0 heterocycles. The normalized spacial score (nSPS) is 11.0. The van der Waals surface area contributed by atoms with Crippen LogP contribution in [0, 0.1) is 0 Å². The van der Waals surface area contributed by atoms with Gasteiger partial charge in [-0.05, 0) is 23.8 Å². The van der Waals surface area contributed by atoms with Crippen molar-refractivity contribution < 1.29 is 24.2 Å². The lowest BCUT2D eigenvalue weighted by atomic mass is 10.1. The molecule has 2 aromatic rings. The molecule has 0 bridgehead atoms. The minimum absolute atomic E-state index is 0.204. The Bertz CT molecular complexity index is 768. The van der Waals surface area contributed by atoms with Crippen LogP contribution in [-0.4, -0.2) is 24.0 Å². The molecule has 2 aromatic carbocycles. The van der Waals surface area contributed by atoms with Gasteiger partial charge in [0.15, 0.2) is 0 Å². The lowest BCUT2D eigenvalue weighted by Crippen LogP contribution is -2.13. The number of ketones is 1. The summed E-state index contributed by atoms with van der Waals surface area (Å²) in [6, 6.07) is 14.1. The average Bonchev–Trinajstić information content (AvgIpc) is 2.60. The Hall–Kier alpha value is -2.79. The highest BCUT2D eigenvalue weighted by atomic mass is 35.5. The van der Waals surface area contributed by atoms with Crippen molar-refractivity contribution in [3.63, 3.8) is 0 Å². The number of carbonyl (C=O) groups is 2. The largest absolute Gasteiger partial charge is 0.507 e. The van der Waals surface area contributed by atoms with Gasteiger partial charge in [0.1, 0.15) is 18.1 Å². The lowest BCUT2D eigenvalue weighted by molar-refractivity contribution is -0.149. The zero-order chi connectivity index (χ0) is 17.5. The van der Waals surface area contributed by atoms with E-state index < -0.39 is 17.5 Å². The van der Waals surface area contributed by atoms with Gasteiger partial charge in [-0.1, -0.05) is 41.9 Å². The number of ether oxygens (including phenoxy) is 2. The molecular formula is C18H15ClO5. The molecule has 6 heteroatoms. The van der Waals surface area contributed by atoms with Crippen LogP contribution in [0.5, 0.6) is 5.75 Å². The first kappa shape index (κ1) is 17.6. The average molecular weight is 347 g/mol. The number of halogens is 1. The van der Waals surface area contributed by atoms with Crippen molar-refractivity contribution in [1.82, 2.24) is 0 Å². The molecule has 24 heavy (non-hydrogen) atoms. The van der Waals surface area contributed by atoms with Gasteiger partial charge < -0.3 is 14.6 Å². The fourth-order valence-corrected chi connectivity index (χ4v) is 2.10. The third-order valence-corrected chi connectivity index (χ3v) is 3.34. The number of methoxy groups -OCH3 is 1. The summed E-state index contributed by atoms with van der Waals surface area (Å²) in [6.07, 6.45) is 0.771. The molecule has 0 atom stereocenters. The van der Waals surface area contributed by atoms with Crippen molar-refractivity contribution in [2.45, 2.75) is 6.61 Å². The van der Waals surface area contributed by atoms with Gasteiger partial charge >= 0.3 is 5.97 Å². The molecule has 0 aliphatic rings. The van der Waals surface area contributed by atoms with E-state index in [0.29, 0.717) is 10.8 Å². The summed E-state index contributed by atoms with van der Waals surface area (Å²) < 4.78 is 9.99. The molecule has 0 radical (unpaired) electrons. The summed E-state index contributed by atoms with van der Waals surface area (Å²) in [7, 11) is 1.08. The number of hydrogen-bond donors (Lipinski definition) is 1. The maximum absolute atomic E-state index is 11.5. The molecule has 0 fully saturated rings. The van der Waals surface area contributed by atoms with Crippen LogP contribution in [0.15, 0.2) is 54.6 Å². The van der Waals surface area contributed by atoms with E-state index in [1.807, 2.05) is 30.3 Å². The van der Waals surface area contributed by atoms with E-state index in [-0.39, 0.29) is 12.2 Å². The molecule has 2 rings (SSSR count). The van der Waals surface area contributed by atoms with Crippen molar-refractivity contribution in [2.75, 3.05) is 7.11 Å². The third kappa shape index (κ3) is 4.60. The van der Waals surface area contributed by atoms with Crippen molar-refractivity contribution in [3.8, 4) is 5.75 Å². The molecular weight excluding hydrogens is 332 g/mol. The second-order valence-electron chi connectivity index (χ2n) is 4.80. The van der Waals surface area contributed by atoms with E-state index in [4.69, 9.17) is 16.3 Å². The maximum atomic E-state index is 11.5. The number of aliphatic hydroxyl groups excluding tert-OH is 1. The van der Waals surface area contributed by atoms with Crippen LogP contribution in [0.4, 0.5) is 0 Å². The van der Waals surface area contributed by atoms with Crippen molar-refractivity contribution in [3.05, 3.63) is 70.8 Å². The van der Waals surface area contributed by atoms with Crippen LogP contribution in [0.3, 0.4) is 0 Å². The second-order valence-corrected chi connectivity index (χ2v) is 5.24. The smallest absolute Gasteiger partial charge is 0.378 e. The fraction of sp³-hybridized carbons (Fsp3) is 0.111. The van der Waals surface area contributed by atoms with Gasteiger partial charge in [-0.15, -0.1) is 0 Å². The summed E-state index contributed by atoms with van der Waals surface area (Å²) in [6.45, 7) is 0.272. The molecule has 0 unspecified atom stereocenters. The predicted octanol–water partition coefficient (Wildman–Crippen LogP) is 3.56. The summed E-state index contributed by atoms with van der Waals surface area (Å²) in [5, 5.41) is 10.5. The Morgan fingerprint density at radius 1 is 1.17 bits per heavy atom. The standard InChI is InChI=1S/C18H15ClO5/c1-23-18(22)16(21)10-15(20)14-9-13(19)7-8-17(14)24-11-12-5-3-2-4-6-12/h2-10,20H,11H2,1H3/b15-10-. The van der Waals surface area contributed by atoms with E-state index in [0.717, 1.165) is 18.7 Å². The molecule has 0 aliphatic heterocycles. The van der Waals surface area contributed by atoms with Crippen LogP contribution in [0.2, 0.25) is 5.02 Å². The van der Waals surface area contributed by atoms with Crippen molar-refractivity contribution in [1.29, 1.82) is 0 Å². The van der Waals surface area contributed by atoms with Gasteiger partial charge in [0.05, 0.1) is 12.7 Å². The number of rotatable bonds is 6. The Labute approximate surface area is 144 Å². The first-order valence-electron chi connectivity index (χ1n) is 7.01. The van der Waals surface area contributed by atoms with Gasteiger partial charge in [-0.25, -0.2) is 4.79 Å². The zero-order valence-corrected chi connectivity index (χ0v) is 13.6. The molecule has 0 saturated carbocycles. The van der Waals surface area contributed by atoms with Gasteiger partial charge in [0, 0.05) is 11.1 Å². The number of esters is 1. The number of aliphatic hydroxyl groups is 1. The Balaban J connectivity index is 2.25. The highest BCUT2D eigenvalue weighted by Gasteiger charge is 2.16. The topological polar surface area (TPSA) is 72.8 Å². The van der Waals surface area contributed by atoms with Crippen molar-refractivity contribution >= 4 is 29.1 Å². The van der Waals surface area contributed by atoms with Gasteiger partial charge in [-0.2, -0.15) is 0 Å². The predicted molar refractivity (Wildman–Crippen MR) is 89.9 cm³/mol. The molecule has 1 N–H and O–H groups in total. The van der Waals surface area contributed by atoms with E-state index >= 15 is 0 Å². The molecule has 0 aliphatic carbocycles. The maximum Gasteiger partial charge on any atom is 0.378 e. The van der Waals surface area contributed by atoms with Gasteiger partial charge in [-0.3, -0.25) is 4.79 Å². The number of benzene rings is 2. The molecule has 124 valence electrons. The SMILES string of the molecule is COC(=O)C(=O)/C=C(\O)c1cc(Cl)ccc1OCc1ccccc1. The van der Waals surface area contributed by atoms with Crippen LogP contribution >= 0.6 is 11.6 Å². The van der Waals surface area contributed by atoms with Crippen LogP contribution in [0.1, 0.15) is 11.1 Å². The highest BCUT2D eigenvalue weighted by molar-refractivity contribution is 6.39. The first-order valence-corrected chi connectivity index (χ1v) is 7.38. The first-order chi connectivity index (χ1) is 11.5. The Morgan fingerprint density at radius 3 is 2.54 bits per heavy atom. The van der Waals surface area contributed by atoms with E-state index in [9.17, 15) is 14.7 Å². The Kier molecular flexibility index (Phi) is 5.98. The summed E-state index contributed by atoms with van der Waals surface area (Å²) in [5.74, 6) is -2.16. The minimum Gasteiger partial charge on any atom is -0.507 e. The van der Waals surface area contributed by atoms with Crippen LogP contribution in [-0.2, 0) is 20.9 Å². The van der Waals surface area contributed by atoms with Crippen LogP contribution < -0.4 is 4.74 Å². The zero-order valence-electron chi connectivity index (χ0n) is 12.9. The van der Waals surface area contributed by atoms with E-state index in [1.54, 1.807) is 12.1 Å². The monoisotopic (exact) mass is 346 g/mol. The number of carbonyl (C=O) groups excluding carboxylic acids is 2. The quantitative estimate of drug-likeness (QED) is 0.375. The second kappa shape index (κ2) is 8.17. The summed E-state index contributed by atoms with van der Waals surface area (Å²) in [4.78, 5) is 22.7. The minimum atomic E-state index is -1.07. The van der Waals surface area contributed by atoms with Gasteiger partial charge in [0.2, 0.25) is 0 Å². The number of hydrogen-bond acceptors (Lipinski definition) is 5. The molecule has 5 nitrogen and oxygen atoms in total. The fourth-order valence-electron chi connectivity index (χ4n) is 1.93. The van der Waals surface area contributed by atoms with E-state index in [1.165, 1.54) is 6.07 Å². The lowest BCUT2D eigenvalue weighted by Gasteiger charge is -2.11. The molecule has 0 saturated heterocycles. The van der Waals surface area contributed by atoms with Gasteiger partial charge in [0.25, 0.3) is 5.78 Å².